The van der Waals surface area contributed by atoms with Gasteiger partial charge in [0, 0.05) is 22.8 Å². The maximum atomic E-state index is 13.4. The number of rotatable bonds is 4. The Bertz CT molecular complexity index is 1190. The lowest BCUT2D eigenvalue weighted by atomic mass is 10.1. The third-order valence-electron chi connectivity index (χ3n) is 4.88. The number of anilines is 3. The average molecular weight is 385 g/mol. The summed E-state index contributed by atoms with van der Waals surface area (Å²) in [5, 5.41) is 11.0. The molecule has 29 heavy (non-hydrogen) atoms. The molecule has 0 unspecified atom stereocenters. The second-order valence-corrected chi connectivity index (χ2v) is 7.21. The lowest BCUT2D eigenvalue weighted by Gasteiger charge is -2.12. The van der Waals surface area contributed by atoms with Crippen molar-refractivity contribution in [3.8, 4) is 0 Å². The van der Waals surface area contributed by atoms with Gasteiger partial charge < -0.3 is 10.6 Å². The lowest BCUT2D eigenvalue weighted by Crippen LogP contribution is -2.15. The number of amides is 1. The molecule has 6 heteroatoms. The molecule has 2 aromatic carbocycles. The van der Waals surface area contributed by atoms with Gasteiger partial charge in [-0.05, 0) is 57.0 Å². The van der Waals surface area contributed by atoms with Gasteiger partial charge >= 0.3 is 0 Å². The van der Waals surface area contributed by atoms with E-state index in [0.29, 0.717) is 17.0 Å². The Morgan fingerprint density at radius 2 is 1.62 bits per heavy atom. The minimum Gasteiger partial charge on any atom is -0.338 e. The molecule has 1 amide bonds. The van der Waals surface area contributed by atoms with Gasteiger partial charge in [-0.1, -0.05) is 36.4 Å². The molecule has 0 atom stereocenters. The molecule has 0 aliphatic carbocycles. The highest BCUT2D eigenvalue weighted by molar-refractivity contribution is 6.12. The summed E-state index contributed by atoms with van der Waals surface area (Å²) in [5.74, 6) is 0.231. The van der Waals surface area contributed by atoms with Crippen molar-refractivity contribution in [1.29, 1.82) is 0 Å². The van der Waals surface area contributed by atoms with E-state index in [0.717, 1.165) is 33.9 Å². The summed E-state index contributed by atoms with van der Waals surface area (Å²) in [4.78, 5) is 18.0. The number of para-hydroxylation sites is 2. The first-order valence-corrected chi connectivity index (χ1v) is 9.50. The van der Waals surface area contributed by atoms with Crippen LogP contribution in [0.4, 0.5) is 17.2 Å². The Balaban J connectivity index is 1.84. The van der Waals surface area contributed by atoms with Crippen LogP contribution in [-0.2, 0) is 0 Å². The number of carbonyl (C=O) groups is 1. The van der Waals surface area contributed by atoms with Crippen LogP contribution in [0.3, 0.4) is 0 Å². The van der Waals surface area contributed by atoms with Gasteiger partial charge in [-0.15, -0.1) is 5.10 Å². The van der Waals surface area contributed by atoms with E-state index in [1.807, 2.05) is 82.3 Å². The van der Waals surface area contributed by atoms with Crippen LogP contribution in [0.1, 0.15) is 32.9 Å². The predicted octanol–water partition coefficient (Wildman–Crippen LogP) is 4.96. The maximum Gasteiger partial charge on any atom is 0.263 e. The molecule has 146 valence electrons. The third kappa shape index (κ3) is 3.57. The molecule has 2 N–H and O–H groups in total. The van der Waals surface area contributed by atoms with Crippen LogP contribution < -0.4 is 10.6 Å². The number of fused-ring (bicyclic) bond motifs is 1. The smallest absolute Gasteiger partial charge is 0.263 e. The molecule has 6 nitrogen and oxygen atoms in total. The van der Waals surface area contributed by atoms with E-state index in [2.05, 4.69) is 20.7 Å². The Morgan fingerprint density at radius 3 is 2.31 bits per heavy atom. The highest BCUT2D eigenvalue weighted by Crippen LogP contribution is 2.27. The average Bonchev–Trinajstić information content (AvgIpc) is 3.04. The van der Waals surface area contributed by atoms with E-state index in [-0.39, 0.29) is 5.91 Å². The molecule has 2 heterocycles. The van der Waals surface area contributed by atoms with E-state index in [4.69, 9.17) is 0 Å². The zero-order valence-corrected chi connectivity index (χ0v) is 16.9. The molecular weight excluding hydrogens is 362 g/mol. The van der Waals surface area contributed by atoms with Crippen molar-refractivity contribution in [3.63, 3.8) is 0 Å². The van der Waals surface area contributed by atoms with Crippen LogP contribution in [0, 0.1) is 27.7 Å². The van der Waals surface area contributed by atoms with Crippen LogP contribution in [0.15, 0.2) is 54.6 Å². The summed E-state index contributed by atoms with van der Waals surface area (Å²) in [6.07, 6.45) is 0. The Hall–Kier alpha value is -3.67. The molecular formula is C23H23N5O. The minimum absolute atomic E-state index is 0.242. The summed E-state index contributed by atoms with van der Waals surface area (Å²) in [6, 6.07) is 17.6. The van der Waals surface area contributed by atoms with E-state index >= 15 is 0 Å². The van der Waals surface area contributed by atoms with Gasteiger partial charge in [0.15, 0.2) is 11.5 Å². The normalized spacial score (nSPS) is 10.9. The van der Waals surface area contributed by atoms with Gasteiger partial charge in [0.1, 0.15) is 5.56 Å². The number of hydrogen-bond acceptors (Lipinski definition) is 4. The number of aromatic nitrogens is 3. The highest BCUT2D eigenvalue weighted by atomic mass is 16.1. The van der Waals surface area contributed by atoms with Crippen molar-refractivity contribution in [2.45, 2.75) is 27.7 Å². The van der Waals surface area contributed by atoms with Gasteiger partial charge in [0.2, 0.25) is 0 Å². The molecule has 4 rings (SSSR count). The summed E-state index contributed by atoms with van der Waals surface area (Å²) in [5.41, 5.74) is 6.38. The van der Waals surface area contributed by atoms with Gasteiger partial charge in [0.25, 0.3) is 5.91 Å². The fourth-order valence-corrected chi connectivity index (χ4v) is 3.46. The van der Waals surface area contributed by atoms with Crippen molar-refractivity contribution in [1.82, 2.24) is 14.6 Å². The Morgan fingerprint density at radius 1 is 0.931 bits per heavy atom. The number of nitrogens with one attached hydrogen (secondary N) is 2. The fraction of sp³-hybridized carbons (Fsp3) is 0.174. The van der Waals surface area contributed by atoms with Crippen molar-refractivity contribution >= 4 is 28.7 Å². The minimum atomic E-state index is -0.242. The van der Waals surface area contributed by atoms with Crippen LogP contribution in [0.5, 0.6) is 0 Å². The summed E-state index contributed by atoms with van der Waals surface area (Å²) in [6.45, 7) is 7.83. The standard InChI is InChI=1S/C23H23N5O/c1-14-9-8-10-15(2)20(14)26-23(29)19-21(25-18-11-6-5-7-12-18)27-28-17(4)13-16(3)24-22(19)28/h5-13H,1-4H3,(H,25,27)(H,26,29). The zero-order valence-electron chi connectivity index (χ0n) is 16.9. The molecule has 0 bridgehead atoms. The SMILES string of the molecule is Cc1cc(C)n2nc(Nc3ccccc3)c(C(=O)Nc3c(C)cccc3C)c2n1. The van der Waals surface area contributed by atoms with Gasteiger partial charge in [0.05, 0.1) is 0 Å². The second kappa shape index (κ2) is 7.39. The first-order valence-electron chi connectivity index (χ1n) is 9.50. The molecule has 2 aromatic heterocycles. The third-order valence-corrected chi connectivity index (χ3v) is 4.88. The first-order chi connectivity index (χ1) is 13.9. The van der Waals surface area contributed by atoms with Crippen LogP contribution in [-0.4, -0.2) is 20.5 Å². The van der Waals surface area contributed by atoms with Gasteiger partial charge in [-0.2, -0.15) is 0 Å². The molecule has 4 aromatic rings. The molecule has 0 spiro atoms. The summed E-state index contributed by atoms with van der Waals surface area (Å²) in [7, 11) is 0. The van der Waals surface area contributed by atoms with Gasteiger partial charge in [-0.25, -0.2) is 9.50 Å². The van der Waals surface area contributed by atoms with Crippen molar-refractivity contribution in [2.24, 2.45) is 0 Å². The molecule has 0 saturated carbocycles. The van der Waals surface area contributed by atoms with Crippen molar-refractivity contribution in [3.05, 3.63) is 82.7 Å². The monoisotopic (exact) mass is 385 g/mol. The summed E-state index contributed by atoms with van der Waals surface area (Å²) >= 11 is 0. The number of hydrogen-bond donors (Lipinski definition) is 2. The molecule has 0 saturated heterocycles. The molecule has 0 aliphatic rings. The van der Waals surface area contributed by atoms with Crippen molar-refractivity contribution in [2.75, 3.05) is 10.6 Å². The van der Waals surface area contributed by atoms with E-state index < -0.39 is 0 Å². The highest BCUT2D eigenvalue weighted by Gasteiger charge is 2.23. The van der Waals surface area contributed by atoms with E-state index in [9.17, 15) is 4.79 Å². The first kappa shape index (κ1) is 18.7. The van der Waals surface area contributed by atoms with E-state index in [1.165, 1.54) is 0 Å². The van der Waals surface area contributed by atoms with Crippen LogP contribution in [0.25, 0.3) is 5.65 Å². The predicted molar refractivity (Wildman–Crippen MR) is 116 cm³/mol. The Labute approximate surface area is 169 Å². The number of carbonyl (C=O) groups excluding carboxylic acids is 1. The quantitative estimate of drug-likeness (QED) is 0.521. The Kier molecular flexibility index (Phi) is 4.76. The van der Waals surface area contributed by atoms with E-state index in [1.54, 1.807) is 4.52 Å². The zero-order chi connectivity index (χ0) is 20.5. The lowest BCUT2D eigenvalue weighted by molar-refractivity contribution is 0.102. The molecule has 0 fully saturated rings. The fourth-order valence-electron chi connectivity index (χ4n) is 3.46. The number of benzene rings is 2. The topological polar surface area (TPSA) is 71.3 Å². The molecule has 0 radical (unpaired) electrons. The largest absolute Gasteiger partial charge is 0.338 e. The van der Waals surface area contributed by atoms with Gasteiger partial charge in [-0.3, -0.25) is 4.79 Å². The van der Waals surface area contributed by atoms with Crippen molar-refractivity contribution < 1.29 is 4.79 Å². The summed E-state index contributed by atoms with van der Waals surface area (Å²) < 4.78 is 1.71. The maximum absolute atomic E-state index is 13.4. The molecule has 0 aliphatic heterocycles. The number of aryl methyl sites for hydroxylation is 4. The second-order valence-electron chi connectivity index (χ2n) is 7.21. The van der Waals surface area contributed by atoms with Crippen LogP contribution in [0.2, 0.25) is 0 Å². The van der Waals surface area contributed by atoms with Crippen LogP contribution >= 0.6 is 0 Å². The number of nitrogens with zero attached hydrogens (tertiary/aromatic N) is 3.